The van der Waals surface area contributed by atoms with Crippen molar-refractivity contribution in [3.8, 4) is 0 Å². The maximum Gasteiger partial charge on any atom is 0.352 e. The summed E-state index contributed by atoms with van der Waals surface area (Å²) in [5.41, 5.74) is 1.34. The first kappa shape index (κ1) is 8.95. The summed E-state index contributed by atoms with van der Waals surface area (Å²) in [5.74, 6) is -0.589. The van der Waals surface area contributed by atoms with E-state index in [1.165, 1.54) is 11.3 Å². The number of nitrogens with zero attached hydrogens (tertiary/aromatic N) is 1. The van der Waals surface area contributed by atoms with E-state index >= 15 is 0 Å². The molecule has 2 aliphatic heterocycles. The normalized spacial score (nSPS) is 33.6. The Morgan fingerprint density at radius 1 is 1.40 bits per heavy atom. The maximum atomic E-state index is 11.4. The molecule has 1 amide bonds. The molecule has 80 valence electrons. The third-order valence-corrected chi connectivity index (χ3v) is 3.86. The van der Waals surface area contributed by atoms with Gasteiger partial charge in [0.1, 0.15) is 5.70 Å². The lowest BCUT2D eigenvalue weighted by atomic mass is 9.79. The van der Waals surface area contributed by atoms with E-state index in [4.69, 9.17) is 5.11 Å². The van der Waals surface area contributed by atoms with Crippen LogP contribution in [-0.2, 0) is 9.59 Å². The van der Waals surface area contributed by atoms with Gasteiger partial charge in [0.2, 0.25) is 5.91 Å². The zero-order valence-corrected chi connectivity index (χ0v) is 8.40. The van der Waals surface area contributed by atoms with Crippen LogP contribution < -0.4 is 0 Å². The topological polar surface area (TPSA) is 57.6 Å². The van der Waals surface area contributed by atoms with E-state index < -0.39 is 5.97 Å². The number of amides is 1. The Bertz CT molecular complexity index is 385. The van der Waals surface area contributed by atoms with Crippen molar-refractivity contribution >= 4 is 11.9 Å². The number of fused-ring (bicyclic) bond motifs is 3. The third kappa shape index (κ3) is 1.02. The molecular formula is C11H13NO3. The van der Waals surface area contributed by atoms with E-state index in [9.17, 15) is 9.59 Å². The molecule has 2 heterocycles. The molecule has 0 aromatic heterocycles. The summed E-state index contributed by atoms with van der Waals surface area (Å²) >= 11 is 0. The van der Waals surface area contributed by atoms with Gasteiger partial charge >= 0.3 is 5.97 Å². The molecule has 2 atom stereocenters. The summed E-state index contributed by atoms with van der Waals surface area (Å²) in [5, 5.41) is 9.14. The van der Waals surface area contributed by atoms with Crippen LogP contribution in [0.2, 0.25) is 0 Å². The van der Waals surface area contributed by atoms with E-state index in [2.05, 4.69) is 0 Å². The minimum Gasteiger partial charge on any atom is -0.477 e. The first-order valence-corrected chi connectivity index (χ1v) is 5.48. The highest BCUT2D eigenvalue weighted by atomic mass is 16.4. The number of carbonyl (C=O) groups is 2. The Kier molecular flexibility index (Phi) is 1.69. The van der Waals surface area contributed by atoms with Crippen LogP contribution in [0.3, 0.4) is 0 Å². The minimum atomic E-state index is -0.924. The summed E-state index contributed by atoms with van der Waals surface area (Å²) < 4.78 is 0. The SMILES string of the molecule is O=C(O)C1=C2CCCCC2C2CC(=O)N12. The molecule has 0 aromatic carbocycles. The van der Waals surface area contributed by atoms with Gasteiger partial charge in [-0.25, -0.2) is 4.79 Å². The summed E-state index contributed by atoms with van der Waals surface area (Å²) in [6, 6.07) is 0.180. The fourth-order valence-corrected chi connectivity index (χ4v) is 3.21. The van der Waals surface area contributed by atoms with Crippen molar-refractivity contribution in [2.24, 2.45) is 5.92 Å². The van der Waals surface area contributed by atoms with Gasteiger partial charge in [0.05, 0.1) is 6.04 Å². The zero-order chi connectivity index (χ0) is 10.6. The zero-order valence-electron chi connectivity index (χ0n) is 8.40. The van der Waals surface area contributed by atoms with Gasteiger partial charge in [-0.2, -0.15) is 0 Å². The van der Waals surface area contributed by atoms with Gasteiger partial charge in [0, 0.05) is 12.3 Å². The number of carboxylic acids is 1. The fourth-order valence-electron chi connectivity index (χ4n) is 3.21. The largest absolute Gasteiger partial charge is 0.477 e. The Morgan fingerprint density at radius 3 is 2.87 bits per heavy atom. The molecule has 0 aromatic rings. The van der Waals surface area contributed by atoms with Gasteiger partial charge < -0.3 is 10.0 Å². The highest BCUT2D eigenvalue weighted by molar-refractivity contribution is 5.98. The summed E-state index contributed by atoms with van der Waals surface area (Å²) in [4.78, 5) is 24.1. The lowest BCUT2D eigenvalue weighted by molar-refractivity contribution is -0.148. The van der Waals surface area contributed by atoms with Crippen LogP contribution in [0.5, 0.6) is 0 Å². The lowest BCUT2D eigenvalue weighted by Gasteiger charge is -2.39. The van der Waals surface area contributed by atoms with Gasteiger partial charge in [-0.1, -0.05) is 6.42 Å². The quantitative estimate of drug-likeness (QED) is 0.656. The van der Waals surface area contributed by atoms with Crippen LogP contribution in [0.1, 0.15) is 32.1 Å². The van der Waals surface area contributed by atoms with E-state index in [1.54, 1.807) is 0 Å². The molecule has 1 N–H and O–H groups in total. The van der Waals surface area contributed by atoms with E-state index in [0.717, 1.165) is 24.8 Å². The molecule has 2 unspecified atom stereocenters. The van der Waals surface area contributed by atoms with Crippen molar-refractivity contribution in [2.45, 2.75) is 38.1 Å². The summed E-state index contributed by atoms with van der Waals surface area (Å²) in [6.07, 6.45) is 4.70. The van der Waals surface area contributed by atoms with Crippen LogP contribution in [0.25, 0.3) is 0 Å². The second kappa shape index (κ2) is 2.84. The van der Waals surface area contributed by atoms with Crippen LogP contribution >= 0.6 is 0 Å². The Balaban J connectivity index is 2.04. The average Bonchev–Trinajstić information content (AvgIpc) is 2.48. The Hall–Kier alpha value is -1.32. The monoisotopic (exact) mass is 207 g/mol. The Labute approximate surface area is 87.6 Å². The molecule has 1 aliphatic carbocycles. The molecule has 4 heteroatoms. The molecular weight excluding hydrogens is 194 g/mol. The fraction of sp³-hybridized carbons (Fsp3) is 0.636. The van der Waals surface area contributed by atoms with Gasteiger partial charge in [-0.15, -0.1) is 0 Å². The highest BCUT2D eigenvalue weighted by Crippen LogP contribution is 2.48. The molecule has 3 aliphatic rings. The van der Waals surface area contributed by atoms with Crippen molar-refractivity contribution in [1.29, 1.82) is 0 Å². The minimum absolute atomic E-state index is 0.0145. The summed E-state index contributed by atoms with van der Waals surface area (Å²) in [6.45, 7) is 0. The van der Waals surface area contributed by atoms with Gasteiger partial charge in [-0.05, 0) is 24.8 Å². The van der Waals surface area contributed by atoms with Crippen molar-refractivity contribution in [3.63, 3.8) is 0 Å². The summed E-state index contributed by atoms with van der Waals surface area (Å²) in [7, 11) is 0. The number of hydrogen-bond acceptors (Lipinski definition) is 2. The van der Waals surface area contributed by atoms with Crippen LogP contribution in [0.15, 0.2) is 11.3 Å². The molecule has 4 nitrogen and oxygen atoms in total. The average molecular weight is 207 g/mol. The van der Waals surface area contributed by atoms with Crippen molar-refractivity contribution < 1.29 is 14.7 Å². The second-order valence-electron chi connectivity index (χ2n) is 4.57. The molecule has 1 saturated heterocycles. The van der Waals surface area contributed by atoms with Gasteiger partial charge in [0.25, 0.3) is 0 Å². The van der Waals surface area contributed by atoms with Gasteiger partial charge in [-0.3, -0.25) is 4.79 Å². The third-order valence-electron chi connectivity index (χ3n) is 3.86. The predicted molar refractivity (Wildman–Crippen MR) is 51.9 cm³/mol. The molecule has 3 rings (SSSR count). The number of β-lactam (4-membered cyclic amide) rings is 1. The number of rotatable bonds is 1. The maximum absolute atomic E-state index is 11.4. The van der Waals surface area contributed by atoms with Crippen molar-refractivity contribution in [2.75, 3.05) is 0 Å². The number of carbonyl (C=O) groups excluding carboxylic acids is 1. The van der Waals surface area contributed by atoms with Crippen LogP contribution in [-0.4, -0.2) is 27.9 Å². The van der Waals surface area contributed by atoms with Crippen LogP contribution in [0.4, 0.5) is 0 Å². The van der Waals surface area contributed by atoms with E-state index in [0.29, 0.717) is 18.0 Å². The molecule has 2 fully saturated rings. The standard InChI is InChI=1S/C11H13NO3/c13-9-5-8-6-3-1-2-4-7(6)10(11(14)15)12(8)9/h6,8H,1-5H2,(H,14,15). The molecule has 0 bridgehead atoms. The first-order valence-electron chi connectivity index (χ1n) is 5.48. The Morgan fingerprint density at radius 2 is 2.20 bits per heavy atom. The van der Waals surface area contributed by atoms with Crippen molar-refractivity contribution in [3.05, 3.63) is 11.3 Å². The molecule has 1 saturated carbocycles. The smallest absolute Gasteiger partial charge is 0.352 e. The first-order chi connectivity index (χ1) is 7.20. The number of carboxylic acid groups (broad SMARTS) is 1. The highest BCUT2D eigenvalue weighted by Gasteiger charge is 2.53. The molecule has 0 spiro atoms. The predicted octanol–water partition coefficient (Wildman–Crippen LogP) is 1.13. The van der Waals surface area contributed by atoms with Gasteiger partial charge in [0.15, 0.2) is 0 Å². The van der Waals surface area contributed by atoms with Crippen LogP contribution in [0, 0.1) is 5.92 Å². The van der Waals surface area contributed by atoms with E-state index in [-0.39, 0.29) is 11.9 Å². The molecule has 0 radical (unpaired) electrons. The van der Waals surface area contributed by atoms with Crippen molar-refractivity contribution in [1.82, 2.24) is 4.90 Å². The molecule has 15 heavy (non-hydrogen) atoms. The second-order valence-corrected chi connectivity index (χ2v) is 4.57. The number of aliphatic carboxylic acids is 1. The van der Waals surface area contributed by atoms with E-state index in [1.807, 2.05) is 0 Å². The lowest BCUT2D eigenvalue weighted by Crippen LogP contribution is -2.52. The number of hydrogen-bond donors (Lipinski definition) is 1.